The molecule has 2 aliphatic heterocycles. The second-order valence-corrected chi connectivity index (χ2v) is 10.9. The first-order chi connectivity index (χ1) is 18.4. The van der Waals surface area contributed by atoms with Crippen LogP contribution in [0.25, 0.3) is 0 Å². The van der Waals surface area contributed by atoms with Crippen molar-refractivity contribution in [3.8, 4) is 11.8 Å². The van der Waals surface area contributed by atoms with Crippen LogP contribution in [0, 0.1) is 23.2 Å². The van der Waals surface area contributed by atoms with Crippen molar-refractivity contribution in [3.63, 3.8) is 0 Å². The van der Waals surface area contributed by atoms with Gasteiger partial charge in [-0.2, -0.15) is 18.4 Å². The summed E-state index contributed by atoms with van der Waals surface area (Å²) in [7, 11) is 0. The summed E-state index contributed by atoms with van der Waals surface area (Å²) in [4.78, 5) is 32.5. The number of hydrogen-bond acceptors (Lipinski definition) is 6. The zero-order chi connectivity index (χ0) is 28.1. The molecule has 2 heterocycles. The molecule has 39 heavy (non-hydrogen) atoms. The van der Waals surface area contributed by atoms with E-state index in [0.29, 0.717) is 23.1 Å². The molecular formula is C28H28F3N5O3. The van der Waals surface area contributed by atoms with Crippen molar-refractivity contribution < 1.29 is 27.5 Å². The number of amides is 2. The smallest absolute Gasteiger partial charge is 0.425 e. The minimum absolute atomic E-state index is 0.0445. The van der Waals surface area contributed by atoms with Crippen LogP contribution in [0.5, 0.6) is 5.75 Å². The van der Waals surface area contributed by atoms with Crippen LogP contribution in [0.4, 0.5) is 13.2 Å². The number of fused-ring (bicyclic) bond motifs is 1. The molecule has 204 valence electrons. The van der Waals surface area contributed by atoms with E-state index in [4.69, 9.17) is 10.5 Å². The number of rotatable bonds is 5. The van der Waals surface area contributed by atoms with Gasteiger partial charge < -0.3 is 15.8 Å². The predicted octanol–water partition coefficient (Wildman–Crippen LogP) is 4.13. The van der Waals surface area contributed by atoms with E-state index in [1.165, 1.54) is 11.0 Å². The highest BCUT2D eigenvalue weighted by Crippen LogP contribution is 2.52. The van der Waals surface area contributed by atoms with Crippen molar-refractivity contribution in [2.45, 2.75) is 63.0 Å². The number of guanidine groups is 1. The third-order valence-electron chi connectivity index (χ3n) is 7.45. The van der Waals surface area contributed by atoms with E-state index in [-0.39, 0.29) is 30.0 Å². The van der Waals surface area contributed by atoms with Crippen molar-refractivity contribution in [2.75, 3.05) is 0 Å². The maximum atomic E-state index is 13.5. The second kappa shape index (κ2) is 9.59. The minimum Gasteiger partial charge on any atom is -0.480 e. The van der Waals surface area contributed by atoms with Gasteiger partial charge in [-0.05, 0) is 49.9 Å². The molecule has 0 unspecified atom stereocenters. The number of nitrogens with two attached hydrogens (primary N) is 1. The predicted molar refractivity (Wildman–Crippen MR) is 135 cm³/mol. The van der Waals surface area contributed by atoms with E-state index in [1.807, 2.05) is 0 Å². The van der Waals surface area contributed by atoms with Gasteiger partial charge in [0.25, 0.3) is 0 Å². The van der Waals surface area contributed by atoms with Crippen molar-refractivity contribution in [1.82, 2.24) is 10.2 Å². The number of benzene rings is 2. The number of aliphatic imine (C=N–C) groups is 1. The molecule has 11 heteroatoms. The van der Waals surface area contributed by atoms with Crippen LogP contribution in [0.15, 0.2) is 53.5 Å². The highest BCUT2D eigenvalue weighted by molar-refractivity contribution is 5.99. The lowest BCUT2D eigenvalue weighted by Gasteiger charge is -2.38. The minimum atomic E-state index is -4.58. The number of halogens is 3. The zero-order valence-electron chi connectivity index (χ0n) is 21.4. The number of carbonyl (C=O) groups is 2. The molecule has 8 nitrogen and oxygen atoms in total. The highest BCUT2D eigenvalue weighted by Gasteiger charge is 2.54. The standard InChI is InChI=1S/C28H28F3N5O3/c1-27(2)13-23(37)36(26(33)35-27)24(16-9-7-15(14-32)8-10-16)18-11-19(18)25(38)34-20-12-22(28(29,30)31)39-21-6-4-3-5-17(20)21/h3-10,18-20,22,24H,11-13H2,1-2H3,(H2,33,35)(H,34,38)/t18-,19-,20+,22-,24+/m1/s1. The van der Waals surface area contributed by atoms with Gasteiger partial charge in [0.1, 0.15) is 5.75 Å². The largest absolute Gasteiger partial charge is 0.480 e. The molecule has 0 saturated heterocycles. The summed E-state index contributed by atoms with van der Waals surface area (Å²) in [6.45, 7) is 3.61. The van der Waals surface area contributed by atoms with Crippen molar-refractivity contribution in [1.29, 1.82) is 5.26 Å². The summed E-state index contributed by atoms with van der Waals surface area (Å²) < 4.78 is 45.8. The molecule has 5 atom stereocenters. The van der Waals surface area contributed by atoms with Crippen LogP contribution in [-0.4, -0.2) is 40.5 Å². The molecule has 0 bridgehead atoms. The molecule has 3 aliphatic rings. The van der Waals surface area contributed by atoms with Crippen LogP contribution < -0.4 is 15.8 Å². The van der Waals surface area contributed by atoms with Crippen molar-refractivity contribution >= 4 is 17.8 Å². The summed E-state index contributed by atoms with van der Waals surface area (Å²) in [6, 6.07) is 13.6. The van der Waals surface area contributed by atoms with Crippen LogP contribution in [0.3, 0.4) is 0 Å². The number of nitriles is 1. The van der Waals surface area contributed by atoms with Gasteiger partial charge in [-0.25, -0.2) is 4.99 Å². The molecule has 0 radical (unpaired) electrons. The molecule has 5 rings (SSSR count). The zero-order valence-corrected chi connectivity index (χ0v) is 21.4. The maximum absolute atomic E-state index is 13.5. The van der Waals surface area contributed by atoms with E-state index in [9.17, 15) is 28.0 Å². The fourth-order valence-corrected chi connectivity index (χ4v) is 5.53. The Kier molecular flexibility index (Phi) is 6.53. The first-order valence-electron chi connectivity index (χ1n) is 12.7. The lowest BCUT2D eigenvalue weighted by Crippen LogP contribution is -2.52. The molecule has 0 aromatic heterocycles. The van der Waals surface area contributed by atoms with E-state index in [0.717, 1.165) is 0 Å². The topological polar surface area (TPSA) is 121 Å². The lowest BCUT2D eigenvalue weighted by atomic mass is 9.93. The Morgan fingerprint density at radius 3 is 2.54 bits per heavy atom. The van der Waals surface area contributed by atoms with Gasteiger partial charge in [0.15, 0.2) is 12.1 Å². The van der Waals surface area contributed by atoms with Crippen LogP contribution in [0.1, 0.15) is 61.9 Å². The van der Waals surface area contributed by atoms with E-state index in [2.05, 4.69) is 16.4 Å². The van der Waals surface area contributed by atoms with Gasteiger partial charge in [0.05, 0.1) is 35.7 Å². The fraction of sp³-hybridized carbons (Fsp3) is 0.429. The third-order valence-corrected chi connectivity index (χ3v) is 7.45. The van der Waals surface area contributed by atoms with E-state index >= 15 is 0 Å². The average Bonchev–Trinajstić information content (AvgIpc) is 3.66. The highest BCUT2D eigenvalue weighted by atomic mass is 19.4. The first-order valence-corrected chi connectivity index (χ1v) is 12.7. The quantitative estimate of drug-likeness (QED) is 0.592. The van der Waals surface area contributed by atoms with Crippen molar-refractivity contribution in [3.05, 3.63) is 65.2 Å². The number of nitrogens with one attached hydrogen (secondary N) is 1. The van der Waals surface area contributed by atoms with Gasteiger partial charge in [-0.3, -0.25) is 14.5 Å². The molecule has 1 fully saturated rings. The molecule has 2 aromatic carbocycles. The number of alkyl halides is 3. The summed E-state index contributed by atoms with van der Waals surface area (Å²) in [6.07, 6.45) is -6.53. The summed E-state index contributed by atoms with van der Waals surface area (Å²) in [5.74, 6) is -1.40. The molecule has 2 aromatic rings. The molecule has 1 aliphatic carbocycles. The number of ether oxygens (including phenoxy) is 1. The van der Waals surface area contributed by atoms with Crippen LogP contribution in [0.2, 0.25) is 0 Å². The Morgan fingerprint density at radius 2 is 1.90 bits per heavy atom. The summed E-state index contributed by atoms with van der Waals surface area (Å²) >= 11 is 0. The summed E-state index contributed by atoms with van der Waals surface area (Å²) in [5, 5.41) is 12.0. The normalized spacial score (nSPS) is 26.4. The van der Waals surface area contributed by atoms with Crippen LogP contribution in [-0.2, 0) is 9.59 Å². The molecular weight excluding hydrogens is 511 g/mol. The molecule has 3 N–H and O–H groups in total. The number of nitrogens with zero attached hydrogens (tertiary/aromatic N) is 3. The first kappa shape index (κ1) is 26.5. The SMILES string of the molecule is CC1(C)CC(=O)N([C@@H](c2ccc(C#N)cc2)[C@@H]2C[C@H]2C(=O)N[C@H]2C[C@H](C(F)(F)F)Oc3ccccc32)C(N)=N1. The lowest BCUT2D eigenvalue weighted by molar-refractivity contribution is -0.201. The third kappa shape index (κ3) is 5.28. The van der Waals surface area contributed by atoms with E-state index < -0.39 is 48.1 Å². The Bertz CT molecular complexity index is 1370. The Labute approximate surface area is 223 Å². The Balaban J connectivity index is 1.41. The van der Waals surface area contributed by atoms with Crippen LogP contribution >= 0.6 is 0 Å². The van der Waals surface area contributed by atoms with Gasteiger partial charge in [0.2, 0.25) is 11.8 Å². The summed E-state index contributed by atoms with van der Waals surface area (Å²) in [5.41, 5.74) is 7.21. The Hall–Kier alpha value is -4.07. The molecule has 1 saturated carbocycles. The second-order valence-electron chi connectivity index (χ2n) is 10.9. The van der Waals surface area contributed by atoms with E-state index in [1.54, 1.807) is 56.3 Å². The molecule has 2 amide bonds. The van der Waals surface area contributed by atoms with Crippen molar-refractivity contribution in [2.24, 2.45) is 22.6 Å². The average molecular weight is 540 g/mol. The Morgan fingerprint density at radius 1 is 1.21 bits per heavy atom. The fourth-order valence-electron chi connectivity index (χ4n) is 5.53. The number of hydrogen-bond donors (Lipinski definition) is 2. The molecule has 0 spiro atoms. The van der Waals surface area contributed by atoms with Gasteiger partial charge in [-0.1, -0.05) is 30.3 Å². The maximum Gasteiger partial charge on any atom is 0.425 e. The number of para-hydroxylation sites is 1. The van der Waals surface area contributed by atoms with Gasteiger partial charge in [-0.15, -0.1) is 0 Å². The monoisotopic (exact) mass is 539 g/mol. The van der Waals surface area contributed by atoms with Gasteiger partial charge in [0, 0.05) is 17.9 Å². The number of carbonyl (C=O) groups excluding carboxylic acids is 2. The van der Waals surface area contributed by atoms with Gasteiger partial charge >= 0.3 is 6.18 Å².